The van der Waals surface area contributed by atoms with Crippen LogP contribution in [0.4, 0.5) is 0 Å². The molecule has 100 valence electrons. The van der Waals surface area contributed by atoms with E-state index in [1.807, 2.05) is 0 Å². The third-order valence-corrected chi connectivity index (χ3v) is 4.02. The number of ether oxygens (including phenoxy) is 1. The molecule has 0 saturated carbocycles. The first-order chi connectivity index (χ1) is 8.43. The molecule has 0 aromatic rings. The highest BCUT2D eigenvalue weighted by molar-refractivity contribution is 5.91. The van der Waals surface area contributed by atoms with Crippen LogP contribution in [0.25, 0.3) is 0 Å². The smallest absolute Gasteiger partial charge is 0.334 e. The van der Waals surface area contributed by atoms with Crippen LogP contribution in [-0.4, -0.2) is 24.3 Å². The third-order valence-electron chi connectivity index (χ3n) is 4.02. The van der Waals surface area contributed by atoms with Crippen LogP contribution in [0.3, 0.4) is 0 Å². The number of allylic oxidation sites excluding steroid dienone is 2. The van der Waals surface area contributed by atoms with Gasteiger partial charge in [0.25, 0.3) is 0 Å². The van der Waals surface area contributed by atoms with E-state index in [0.717, 1.165) is 12.0 Å². The lowest BCUT2D eigenvalue weighted by molar-refractivity contribution is -0.136. The van der Waals surface area contributed by atoms with E-state index in [9.17, 15) is 9.90 Å². The zero-order valence-electron chi connectivity index (χ0n) is 11.5. The lowest BCUT2D eigenvalue weighted by Gasteiger charge is -2.13. The van der Waals surface area contributed by atoms with Gasteiger partial charge in [-0.25, -0.2) is 4.79 Å². The van der Waals surface area contributed by atoms with Gasteiger partial charge in [-0.1, -0.05) is 32.4 Å². The van der Waals surface area contributed by atoms with Gasteiger partial charge in [0.2, 0.25) is 0 Å². The number of aliphatic hydroxyl groups excluding tert-OH is 1. The Morgan fingerprint density at radius 2 is 2.22 bits per heavy atom. The molecule has 2 aliphatic rings. The van der Waals surface area contributed by atoms with Crippen molar-refractivity contribution in [3.05, 3.63) is 22.8 Å². The molecule has 0 radical (unpaired) electrons. The van der Waals surface area contributed by atoms with Crippen molar-refractivity contribution in [3.8, 4) is 0 Å². The van der Waals surface area contributed by atoms with E-state index in [2.05, 4.69) is 26.8 Å². The number of esters is 1. The lowest BCUT2D eigenvalue weighted by Crippen LogP contribution is -2.07. The number of cyclic esters (lactones) is 1. The Morgan fingerprint density at radius 3 is 2.78 bits per heavy atom. The molecule has 18 heavy (non-hydrogen) atoms. The summed E-state index contributed by atoms with van der Waals surface area (Å²) in [5.74, 6) is 0.109. The van der Waals surface area contributed by atoms with Crippen molar-refractivity contribution in [1.82, 2.24) is 0 Å². The van der Waals surface area contributed by atoms with Crippen LogP contribution in [0.15, 0.2) is 22.8 Å². The minimum absolute atomic E-state index is 0.0711. The second-order valence-corrected chi connectivity index (χ2v) is 6.13. The van der Waals surface area contributed by atoms with Gasteiger partial charge in [0.1, 0.15) is 6.61 Å². The Balaban J connectivity index is 2.08. The topological polar surface area (TPSA) is 46.5 Å². The summed E-state index contributed by atoms with van der Waals surface area (Å²) in [4.78, 5) is 11.6. The standard InChI is InChI=1S/C15H22O3/c1-10(11-4-5-15(2,3)7-11)6-13-12(8-16)9-18-14(13)17/h7,10,16H,4-6,8-9H2,1-3H3/t10-/m1/s1. The van der Waals surface area contributed by atoms with Crippen LogP contribution < -0.4 is 0 Å². The van der Waals surface area contributed by atoms with Crippen molar-refractivity contribution >= 4 is 5.97 Å². The molecule has 0 unspecified atom stereocenters. The summed E-state index contributed by atoms with van der Waals surface area (Å²) in [5, 5.41) is 9.21. The molecule has 1 N–H and O–H groups in total. The predicted molar refractivity (Wildman–Crippen MR) is 69.9 cm³/mol. The molecule has 0 saturated heterocycles. The van der Waals surface area contributed by atoms with Crippen LogP contribution in [-0.2, 0) is 9.53 Å². The van der Waals surface area contributed by atoms with Gasteiger partial charge in [0.05, 0.1) is 6.61 Å². The second-order valence-electron chi connectivity index (χ2n) is 6.13. The van der Waals surface area contributed by atoms with Crippen LogP contribution in [0.2, 0.25) is 0 Å². The van der Waals surface area contributed by atoms with E-state index in [-0.39, 0.29) is 24.6 Å². The van der Waals surface area contributed by atoms with Gasteiger partial charge < -0.3 is 9.84 Å². The summed E-state index contributed by atoms with van der Waals surface area (Å²) in [6.45, 7) is 6.84. The summed E-state index contributed by atoms with van der Waals surface area (Å²) in [7, 11) is 0. The average Bonchev–Trinajstić information content (AvgIpc) is 2.83. The molecule has 1 aliphatic carbocycles. The molecule has 3 heteroatoms. The SMILES string of the molecule is C[C@H](CC1=C(CO)COC1=O)C1=CC(C)(C)CC1. The summed E-state index contributed by atoms with van der Waals surface area (Å²) in [5.41, 5.74) is 3.17. The predicted octanol–water partition coefficient (Wildman–Crippen LogP) is 2.60. The molecule has 0 fully saturated rings. The molecule has 0 aromatic carbocycles. The molecular formula is C15H22O3. The van der Waals surface area contributed by atoms with Crippen molar-refractivity contribution in [1.29, 1.82) is 0 Å². The molecule has 3 nitrogen and oxygen atoms in total. The number of carbonyl (C=O) groups excluding carboxylic acids is 1. The van der Waals surface area contributed by atoms with Crippen molar-refractivity contribution < 1.29 is 14.6 Å². The Labute approximate surface area is 109 Å². The number of hydrogen-bond acceptors (Lipinski definition) is 3. The quantitative estimate of drug-likeness (QED) is 0.616. The van der Waals surface area contributed by atoms with Crippen molar-refractivity contribution in [2.45, 2.75) is 40.0 Å². The first-order valence-electron chi connectivity index (χ1n) is 6.63. The fraction of sp³-hybridized carbons (Fsp3) is 0.667. The van der Waals surface area contributed by atoms with E-state index in [1.54, 1.807) is 0 Å². The number of aliphatic hydroxyl groups is 1. The summed E-state index contributed by atoms with van der Waals surface area (Å²) >= 11 is 0. The summed E-state index contributed by atoms with van der Waals surface area (Å²) < 4.78 is 4.98. The maximum absolute atomic E-state index is 11.6. The van der Waals surface area contributed by atoms with Crippen LogP contribution in [0.1, 0.15) is 40.0 Å². The Morgan fingerprint density at radius 1 is 1.50 bits per heavy atom. The zero-order valence-corrected chi connectivity index (χ0v) is 11.5. The molecule has 2 rings (SSSR count). The summed E-state index contributed by atoms with van der Waals surface area (Å²) in [6.07, 6.45) is 5.34. The highest BCUT2D eigenvalue weighted by Gasteiger charge is 2.29. The molecule has 0 bridgehead atoms. The first kappa shape index (κ1) is 13.3. The van der Waals surface area contributed by atoms with Crippen LogP contribution in [0.5, 0.6) is 0 Å². The highest BCUT2D eigenvalue weighted by Crippen LogP contribution is 2.40. The number of hydrogen-bond donors (Lipinski definition) is 1. The molecule has 1 atom stereocenters. The summed E-state index contributed by atoms with van der Waals surface area (Å²) in [6, 6.07) is 0. The van der Waals surface area contributed by atoms with Gasteiger partial charge in [-0.3, -0.25) is 0 Å². The molecular weight excluding hydrogens is 228 g/mol. The van der Waals surface area contributed by atoms with E-state index >= 15 is 0 Å². The normalized spacial score (nSPS) is 24.2. The average molecular weight is 250 g/mol. The fourth-order valence-corrected chi connectivity index (χ4v) is 2.78. The van der Waals surface area contributed by atoms with Gasteiger partial charge in [-0.15, -0.1) is 0 Å². The van der Waals surface area contributed by atoms with Gasteiger partial charge >= 0.3 is 5.97 Å². The largest absolute Gasteiger partial charge is 0.458 e. The van der Waals surface area contributed by atoms with Crippen LogP contribution in [0, 0.1) is 11.3 Å². The first-order valence-corrected chi connectivity index (χ1v) is 6.63. The maximum Gasteiger partial charge on any atom is 0.334 e. The monoisotopic (exact) mass is 250 g/mol. The third kappa shape index (κ3) is 2.66. The Hall–Kier alpha value is -1.09. The van der Waals surface area contributed by atoms with Crippen molar-refractivity contribution in [2.24, 2.45) is 11.3 Å². The van der Waals surface area contributed by atoms with E-state index in [4.69, 9.17) is 4.74 Å². The Bertz CT molecular complexity index is 415. The van der Waals surface area contributed by atoms with Gasteiger partial charge in [-0.2, -0.15) is 0 Å². The van der Waals surface area contributed by atoms with Crippen LogP contribution >= 0.6 is 0 Å². The molecule has 0 aromatic heterocycles. The zero-order chi connectivity index (χ0) is 13.3. The molecule has 0 spiro atoms. The van der Waals surface area contributed by atoms with E-state index < -0.39 is 0 Å². The minimum atomic E-state index is -0.247. The van der Waals surface area contributed by atoms with Crippen molar-refractivity contribution in [3.63, 3.8) is 0 Å². The highest BCUT2D eigenvalue weighted by atomic mass is 16.5. The molecule has 1 heterocycles. The van der Waals surface area contributed by atoms with E-state index in [0.29, 0.717) is 17.9 Å². The molecule has 1 aliphatic heterocycles. The number of rotatable bonds is 4. The fourth-order valence-electron chi connectivity index (χ4n) is 2.78. The van der Waals surface area contributed by atoms with Gasteiger partial charge in [0, 0.05) is 11.1 Å². The Kier molecular flexibility index (Phi) is 3.62. The lowest BCUT2D eigenvalue weighted by atomic mass is 9.91. The maximum atomic E-state index is 11.6. The van der Waals surface area contributed by atoms with E-state index in [1.165, 1.54) is 12.0 Å². The molecule has 0 amide bonds. The van der Waals surface area contributed by atoms with Gasteiger partial charge in [-0.05, 0) is 30.6 Å². The van der Waals surface area contributed by atoms with Gasteiger partial charge in [0.15, 0.2) is 0 Å². The number of carbonyl (C=O) groups is 1. The minimum Gasteiger partial charge on any atom is -0.458 e. The second kappa shape index (κ2) is 4.88. The van der Waals surface area contributed by atoms with Crippen molar-refractivity contribution in [2.75, 3.05) is 13.2 Å².